The molecule has 2 N–H and O–H groups in total. The SMILES string of the molecule is CCOc1ccccc1NC(=O)c1ccc2c(c1)CCN2. The van der Waals surface area contributed by atoms with Crippen molar-refractivity contribution < 1.29 is 9.53 Å². The molecule has 108 valence electrons. The van der Waals surface area contributed by atoms with Gasteiger partial charge in [-0.15, -0.1) is 0 Å². The van der Waals surface area contributed by atoms with E-state index in [0.29, 0.717) is 23.6 Å². The molecule has 0 saturated heterocycles. The molecule has 0 atom stereocenters. The topological polar surface area (TPSA) is 50.4 Å². The third kappa shape index (κ3) is 2.84. The van der Waals surface area contributed by atoms with Gasteiger partial charge in [0, 0.05) is 17.8 Å². The van der Waals surface area contributed by atoms with Crippen molar-refractivity contribution in [1.82, 2.24) is 0 Å². The summed E-state index contributed by atoms with van der Waals surface area (Å²) in [7, 11) is 0. The minimum Gasteiger partial charge on any atom is -0.492 e. The average molecular weight is 282 g/mol. The van der Waals surface area contributed by atoms with Crippen LogP contribution in [0, 0.1) is 0 Å². The van der Waals surface area contributed by atoms with Gasteiger partial charge in [-0.1, -0.05) is 12.1 Å². The molecule has 1 aliphatic heterocycles. The van der Waals surface area contributed by atoms with Gasteiger partial charge >= 0.3 is 0 Å². The lowest BCUT2D eigenvalue weighted by atomic mass is 10.1. The molecule has 4 heteroatoms. The number of rotatable bonds is 4. The van der Waals surface area contributed by atoms with Crippen LogP contribution < -0.4 is 15.4 Å². The summed E-state index contributed by atoms with van der Waals surface area (Å²) in [6.07, 6.45) is 0.964. The Hall–Kier alpha value is -2.49. The number of para-hydroxylation sites is 2. The average Bonchev–Trinajstić information content (AvgIpc) is 2.97. The van der Waals surface area contributed by atoms with Crippen LogP contribution in [0.5, 0.6) is 5.75 Å². The number of carbonyl (C=O) groups excluding carboxylic acids is 1. The third-order valence-electron chi connectivity index (χ3n) is 3.51. The lowest BCUT2D eigenvalue weighted by Crippen LogP contribution is -2.13. The number of amides is 1. The molecule has 0 radical (unpaired) electrons. The fourth-order valence-corrected chi connectivity index (χ4v) is 2.49. The molecular weight excluding hydrogens is 264 g/mol. The summed E-state index contributed by atoms with van der Waals surface area (Å²) in [6.45, 7) is 3.43. The van der Waals surface area contributed by atoms with Gasteiger partial charge in [-0.3, -0.25) is 4.79 Å². The predicted molar refractivity (Wildman–Crippen MR) is 84.2 cm³/mol. The monoisotopic (exact) mass is 282 g/mol. The van der Waals surface area contributed by atoms with E-state index >= 15 is 0 Å². The number of nitrogens with one attached hydrogen (secondary N) is 2. The largest absolute Gasteiger partial charge is 0.492 e. The lowest BCUT2D eigenvalue weighted by Gasteiger charge is -2.11. The Balaban J connectivity index is 1.80. The highest BCUT2D eigenvalue weighted by molar-refractivity contribution is 6.05. The second kappa shape index (κ2) is 5.87. The van der Waals surface area contributed by atoms with Gasteiger partial charge in [-0.2, -0.15) is 0 Å². The molecule has 0 fully saturated rings. The van der Waals surface area contributed by atoms with Crippen LogP contribution in [-0.4, -0.2) is 19.1 Å². The number of hydrogen-bond acceptors (Lipinski definition) is 3. The predicted octanol–water partition coefficient (Wildman–Crippen LogP) is 3.31. The zero-order valence-corrected chi connectivity index (χ0v) is 12.0. The molecule has 0 saturated carbocycles. The van der Waals surface area contributed by atoms with Gasteiger partial charge in [0.25, 0.3) is 5.91 Å². The standard InChI is InChI=1S/C17H18N2O2/c1-2-21-16-6-4-3-5-15(16)19-17(20)13-7-8-14-12(11-13)9-10-18-14/h3-8,11,18H,2,9-10H2,1H3,(H,19,20). The minimum absolute atomic E-state index is 0.114. The molecule has 1 aliphatic rings. The van der Waals surface area contributed by atoms with Crippen molar-refractivity contribution in [2.75, 3.05) is 23.8 Å². The highest BCUT2D eigenvalue weighted by Crippen LogP contribution is 2.26. The first kappa shape index (κ1) is 13.5. The Kier molecular flexibility index (Phi) is 3.77. The quantitative estimate of drug-likeness (QED) is 0.904. The van der Waals surface area contributed by atoms with Crippen LogP contribution in [0.3, 0.4) is 0 Å². The van der Waals surface area contributed by atoms with E-state index < -0.39 is 0 Å². The number of fused-ring (bicyclic) bond motifs is 1. The highest BCUT2D eigenvalue weighted by atomic mass is 16.5. The van der Waals surface area contributed by atoms with E-state index in [2.05, 4.69) is 10.6 Å². The Labute approximate surface area is 124 Å². The number of ether oxygens (including phenoxy) is 1. The first-order chi connectivity index (χ1) is 10.3. The third-order valence-corrected chi connectivity index (χ3v) is 3.51. The van der Waals surface area contributed by atoms with E-state index in [1.807, 2.05) is 49.4 Å². The number of anilines is 2. The van der Waals surface area contributed by atoms with Crippen LogP contribution in [0.15, 0.2) is 42.5 Å². The van der Waals surface area contributed by atoms with Crippen molar-refractivity contribution in [3.05, 3.63) is 53.6 Å². The molecule has 3 rings (SSSR count). The normalized spacial score (nSPS) is 12.4. The summed E-state index contributed by atoms with van der Waals surface area (Å²) in [4.78, 5) is 12.4. The molecule has 0 aliphatic carbocycles. The maximum absolute atomic E-state index is 12.4. The molecule has 4 nitrogen and oxygen atoms in total. The molecule has 0 aromatic heterocycles. The summed E-state index contributed by atoms with van der Waals surface area (Å²) >= 11 is 0. The maximum atomic E-state index is 12.4. The van der Waals surface area contributed by atoms with Gasteiger partial charge < -0.3 is 15.4 Å². The van der Waals surface area contributed by atoms with Crippen LogP contribution in [0.4, 0.5) is 11.4 Å². The van der Waals surface area contributed by atoms with Crippen molar-refractivity contribution >= 4 is 17.3 Å². The van der Waals surface area contributed by atoms with E-state index in [0.717, 1.165) is 18.7 Å². The van der Waals surface area contributed by atoms with E-state index in [4.69, 9.17) is 4.74 Å². The highest BCUT2D eigenvalue weighted by Gasteiger charge is 2.14. The van der Waals surface area contributed by atoms with Gasteiger partial charge in [0.2, 0.25) is 0 Å². The summed E-state index contributed by atoms with van der Waals surface area (Å²) < 4.78 is 5.52. The smallest absolute Gasteiger partial charge is 0.255 e. The van der Waals surface area contributed by atoms with Gasteiger partial charge in [0.15, 0.2) is 0 Å². The number of carbonyl (C=O) groups is 1. The van der Waals surface area contributed by atoms with Crippen LogP contribution in [0.2, 0.25) is 0 Å². The second-order valence-electron chi connectivity index (χ2n) is 4.93. The molecule has 0 spiro atoms. The van der Waals surface area contributed by atoms with Gasteiger partial charge in [-0.05, 0) is 49.2 Å². The lowest BCUT2D eigenvalue weighted by molar-refractivity contribution is 0.102. The molecular formula is C17H18N2O2. The van der Waals surface area contributed by atoms with Crippen molar-refractivity contribution in [2.24, 2.45) is 0 Å². The maximum Gasteiger partial charge on any atom is 0.255 e. The summed E-state index contributed by atoms with van der Waals surface area (Å²) in [6, 6.07) is 13.2. The van der Waals surface area contributed by atoms with E-state index in [1.165, 1.54) is 5.56 Å². The summed E-state index contributed by atoms with van der Waals surface area (Å²) in [5.74, 6) is 0.577. The first-order valence-electron chi connectivity index (χ1n) is 7.18. The van der Waals surface area contributed by atoms with Crippen LogP contribution in [0.25, 0.3) is 0 Å². The van der Waals surface area contributed by atoms with Crippen molar-refractivity contribution in [3.8, 4) is 5.75 Å². The molecule has 2 aromatic carbocycles. The van der Waals surface area contributed by atoms with Crippen molar-refractivity contribution in [2.45, 2.75) is 13.3 Å². The number of benzene rings is 2. The Bertz CT molecular complexity index is 668. The van der Waals surface area contributed by atoms with Crippen LogP contribution >= 0.6 is 0 Å². The fourth-order valence-electron chi connectivity index (χ4n) is 2.49. The molecule has 0 bridgehead atoms. The van der Waals surface area contributed by atoms with Crippen molar-refractivity contribution in [3.63, 3.8) is 0 Å². The van der Waals surface area contributed by atoms with E-state index in [1.54, 1.807) is 0 Å². The molecule has 1 amide bonds. The first-order valence-corrected chi connectivity index (χ1v) is 7.18. The van der Waals surface area contributed by atoms with E-state index in [-0.39, 0.29) is 5.91 Å². The zero-order valence-electron chi connectivity index (χ0n) is 12.0. The van der Waals surface area contributed by atoms with Gasteiger partial charge in [-0.25, -0.2) is 0 Å². The van der Waals surface area contributed by atoms with E-state index in [9.17, 15) is 4.79 Å². The van der Waals surface area contributed by atoms with Crippen LogP contribution in [-0.2, 0) is 6.42 Å². The fraction of sp³-hybridized carbons (Fsp3) is 0.235. The molecule has 0 unspecified atom stereocenters. The summed E-state index contributed by atoms with van der Waals surface area (Å²) in [5.41, 5.74) is 3.69. The molecule has 1 heterocycles. The second-order valence-corrected chi connectivity index (χ2v) is 4.93. The summed E-state index contributed by atoms with van der Waals surface area (Å²) in [5, 5.41) is 6.21. The molecule has 2 aromatic rings. The number of hydrogen-bond donors (Lipinski definition) is 2. The zero-order chi connectivity index (χ0) is 14.7. The Morgan fingerprint density at radius 1 is 1.29 bits per heavy atom. The molecule has 21 heavy (non-hydrogen) atoms. The van der Waals surface area contributed by atoms with Crippen LogP contribution in [0.1, 0.15) is 22.8 Å². The van der Waals surface area contributed by atoms with Crippen molar-refractivity contribution in [1.29, 1.82) is 0 Å². The Morgan fingerprint density at radius 3 is 3.00 bits per heavy atom. The van der Waals surface area contributed by atoms with Gasteiger partial charge in [0.1, 0.15) is 5.75 Å². The minimum atomic E-state index is -0.114. The van der Waals surface area contributed by atoms with Gasteiger partial charge in [0.05, 0.1) is 12.3 Å². The Morgan fingerprint density at radius 2 is 2.14 bits per heavy atom.